The van der Waals surface area contributed by atoms with Gasteiger partial charge in [0.05, 0.1) is 0 Å². The maximum Gasteiger partial charge on any atom is 0.00412 e. The molecule has 2 aromatic carbocycles. The molecule has 0 amide bonds. The van der Waals surface area contributed by atoms with Gasteiger partial charge in [0.2, 0.25) is 0 Å². The fraction of sp³-hybridized carbons (Fsp3) is 0.538. The van der Waals surface area contributed by atoms with Crippen LogP contribution in [0.1, 0.15) is 81.9 Å². The predicted octanol–water partition coefficient (Wildman–Crippen LogP) is 6.79. The van der Waals surface area contributed by atoms with Crippen LogP contribution in [0.3, 0.4) is 0 Å². The zero-order valence-corrected chi connectivity index (χ0v) is 17.7. The molecule has 2 aromatic rings. The summed E-state index contributed by atoms with van der Waals surface area (Å²) in [4.78, 5) is 2.64. The topological polar surface area (TPSA) is 3.24 Å². The normalized spacial score (nSPS) is 18.1. The van der Waals surface area contributed by atoms with E-state index in [2.05, 4.69) is 87.2 Å². The summed E-state index contributed by atoms with van der Waals surface area (Å²) in [5, 5.41) is 0. The summed E-state index contributed by atoms with van der Waals surface area (Å²) in [5.74, 6) is 1.30. The van der Waals surface area contributed by atoms with Gasteiger partial charge in [0.15, 0.2) is 0 Å². The fourth-order valence-corrected chi connectivity index (χ4v) is 5.12. The molecule has 0 aliphatic heterocycles. The number of hydrogen-bond donors (Lipinski definition) is 0. The Balaban J connectivity index is 1.79. The number of hydrogen-bond acceptors (Lipinski definition) is 1. The lowest BCUT2D eigenvalue weighted by Crippen LogP contribution is -2.37. The molecule has 2 unspecified atom stereocenters. The van der Waals surface area contributed by atoms with Crippen molar-refractivity contribution in [3.8, 4) is 0 Å². The highest BCUT2D eigenvalue weighted by molar-refractivity contribution is 5.36. The molecular formula is C26H37N. The molecule has 0 N–H and O–H groups in total. The summed E-state index contributed by atoms with van der Waals surface area (Å²) >= 11 is 0. The monoisotopic (exact) mass is 363 g/mol. The number of fused-ring (bicyclic) bond motifs is 1. The van der Waals surface area contributed by atoms with Crippen LogP contribution in [0.5, 0.6) is 0 Å². The highest BCUT2D eigenvalue weighted by Gasteiger charge is 2.28. The Hall–Kier alpha value is -1.60. The molecule has 1 heteroatoms. The highest BCUT2D eigenvalue weighted by atomic mass is 15.2. The minimum atomic E-state index is 0.621. The van der Waals surface area contributed by atoms with Gasteiger partial charge in [-0.1, -0.05) is 54.6 Å². The molecule has 0 saturated heterocycles. The Kier molecular flexibility index (Phi) is 7.13. The Morgan fingerprint density at radius 1 is 0.889 bits per heavy atom. The van der Waals surface area contributed by atoms with Crippen molar-refractivity contribution in [2.75, 3.05) is 6.54 Å². The maximum absolute atomic E-state index is 2.64. The lowest BCUT2D eigenvalue weighted by atomic mass is 9.72. The minimum absolute atomic E-state index is 0.621. The number of nitrogens with zero attached hydrogens (tertiary/aromatic N) is 1. The first kappa shape index (κ1) is 20.1. The van der Waals surface area contributed by atoms with Crippen LogP contribution in [0, 0.1) is 0 Å². The molecule has 3 rings (SSSR count). The van der Waals surface area contributed by atoms with Gasteiger partial charge in [-0.25, -0.2) is 0 Å². The average Bonchev–Trinajstić information content (AvgIpc) is 2.68. The van der Waals surface area contributed by atoms with Crippen LogP contribution in [0.4, 0.5) is 0 Å². The van der Waals surface area contributed by atoms with Gasteiger partial charge >= 0.3 is 0 Å². The van der Waals surface area contributed by atoms with Crippen molar-refractivity contribution in [2.45, 2.75) is 83.7 Å². The molecule has 2 atom stereocenters. The molecule has 146 valence electrons. The second-order valence-electron chi connectivity index (χ2n) is 8.78. The highest BCUT2D eigenvalue weighted by Crippen LogP contribution is 2.43. The maximum atomic E-state index is 2.64. The van der Waals surface area contributed by atoms with Gasteiger partial charge in [-0.2, -0.15) is 0 Å². The van der Waals surface area contributed by atoms with Gasteiger partial charge in [0.25, 0.3) is 0 Å². The molecule has 27 heavy (non-hydrogen) atoms. The van der Waals surface area contributed by atoms with E-state index in [1.165, 1.54) is 44.2 Å². The molecule has 0 heterocycles. The summed E-state index contributed by atoms with van der Waals surface area (Å²) in [6, 6.07) is 21.7. The van der Waals surface area contributed by atoms with E-state index in [4.69, 9.17) is 0 Å². The lowest BCUT2D eigenvalue weighted by molar-refractivity contribution is 0.169. The first-order valence-corrected chi connectivity index (χ1v) is 11.0. The Morgan fingerprint density at radius 2 is 1.56 bits per heavy atom. The van der Waals surface area contributed by atoms with E-state index in [0.29, 0.717) is 23.9 Å². The quantitative estimate of drug-likeness (QED) is 0.499. The van der Waals surface area contributed by atoms with Gasteiger partial charge in [-0.05, 0) is 94.9 Å². The van der Waals surface area contributed by atoms with Crippen LogP contribution >= 0.6 is 0 Å². The molecule has 0 saturated carbocycles. The standard InChI is InChI=1S/C26H37N/c1-20(2)27(21(3)4)19-11-18-25(22-12-6-5-7-13-22)26-17-10-15-23-14-8-9-16-24(23)26/h5-9,12-14,16,20-21,25-26H,10-11,15,17-19H2,1-4H3. The largest absolute Gasteiger partial charge is 0.299 e. The van der Waals surface area contributed by atoms with Crippen LogP contribution in [-0.2, 0) is 6.42 Å². The molecule has 0 radical (unpaired) electrons. The zero-order chi connectivity index (χ0) is 19.2. The number of aryl methyl sites for hydroxylation is 1. The van der Waals surface area contributed by atoms with Gasteiger partial charge < -0.3 is 0 Å². The Morgan fingerprint density at radius 3 is 2.26 bits per heavy atom. The van der Waals surface area contributed by atoms with Crippen LogP contribution in [0.25, 0.3) is 0 Å². The molecule has 1 aliphatic rings. The van der Waals surface area contributed by atoms with E-state index in [1.807, 2.05) is 0 Å². The molecule has 0 spiro atoms. The molecule has 1 nitrogen and oxygen atoms in total. The average molecular weight is 364 g/mol. The summed E-state index contributed by atoms with van der Waals surface area (Å²) < 4.78 is 0. The second-order valence-corrected chi connectivity index (χ2v) is 8.78. The zero-order valence-electron chi connectivity index (χ0n) is 17.7. The fourth-order valence-electron chi connectivity index (χ4n) is 5.12. The Bertz CT molecular complexity index is 680. The van der Waals surface area contributed by atoms with E-state index in [9.17, 15) is 0 Å². The predicted molar refractivity (Wildman–Crippen MR) is 118 cm³/mol. The van der Waals surface area contributed by atoms with Crippen molar-refractivity contribution in [1.29, 1.82) is 0 Å². The van der Waals surface area contributed by atoms with Gasteiger partial charge in [0.1, 0.15) is 0 Å². The van der Waals surface area contributed by atoms with Crippen molar-refractivity contribution in [1.82, 2.24) is 4.90 Å². The summed E-state index contributed by atoms with van der Waals surface area (Å²) in [6.07, 6.45) is 6.46. The van der Waals surface area contributed by atoms with E-state index in [0.717, 1.165) is 0 Å². The van der Waals surface area contributed by atoms with Crippen molar-refractivity contribution in [3.05, 3.63) is 71.3 Å². The number of benzene rings is 2. The smallest absolute Gasteiger partial charge is 0.00412 e. The Labute approximate surface area is 166 Å². The molecule has 0 aromatic heterocycles. The van der Waals surface area contributed by atoms with Gasteiger partial charge in [0, 0.05) is 12.1 Å². The van der Waals surface area contributed by atoms with Gasteiger partial charge in [-0.15, -0.1) is 0 Å². The summed E-state index contributed by atoms with van der Waals surface area (Å²) in [6.45, 7) is 10.5. The van der Waals surface area contributed by atoms with Crippen LogP contribution < -0.4 is 0 Å². The van der Waals surface area contributed by atoms with E-state index in [-0.39, 0.29) is 0 Å². The third-order valence-electron chi connectivity index (χ3n) is 6.39. The van der Waals surface area contributed by atoms with Crippen molar-refractivity contribution in [3.63, 3.8) is 0 Å². The molecule has 0 fully saturated rings. The lowest BCUT2D eigenvalue weighted by Gasteiger charge is -2.35. The molecule has 0 bridgehead atoms. The van der Waals surface area contributed by atoms with Crippen LogP contribution in [0.15, 0.2) is 54.6 Å². The van der Waals surface area contributed by atoms with Crippen molar-refractivity contribution < 1.29 is 0 Å². The third kappa shape index (κ3) is 5.02. The molecular weight excluding hydrogens is 326 g/mol. The summed E-state index contributed by atoms with van der Waals surface area (Å²) in [5.41, 5.74) is 4.72. The third-order valence-corrected chi connectivity index (χ3v) is 6.39. The minimum Gasteiger partial charge on any atom is -0.299 e. The van der Waals surface area contributed by atoms with E-state index in [1.54, 1.807) is 11.1 Å². The number of rotatable bonds is 8. The van der Waals surface area contributed by atoms with Crippen molar-refractivity contribution >= 4 is 0 Å². The van der Waals surface area contributed by atoms with E-state index >= 15 is 0 Å². The van der Waals surface area contributed by atoms with Crippen LogP contribution in [0.2, 0.25) is 0 Å². The van der Waals surface area contributed by atoms with Crippen LogP contribution in [-0.4, -0.2) is 23.5 Å². The first-order valence-electron chi connectivity index (χ1n) is 11.0. The second kappa shape index (κ2) is 9.55. The summed E-state index contributed by atoms with van der Waals surface area (Å²) in [7, 11) is 0. The SMILES string of the molecule is CC(C)N(CCCC(c1ccccc1)C1CCCc2ccccc21)C(C)C. The van der Waals surface area contributed by atoms with E-state index < -0.39 is 0 Å². The first-order chi connectivity index (χ1) is 13.1. The molecule has 1 aliphatic carbocycles. The van der Waals surface area contributed by atoms with Crippen molar-refractivity contribution in [2.24, 2.45) is 0 Å². The van der Waals surface area contributed by atoms with Gasteiger partial charge in [-0.3, -0.25) is 4.90 Å².